The van der Waals surface area contributed by atoms with Gasteiger partial charge in [0.1, 0.15) is 25.4 Å². The minimum absolute atomic E-state index is 0.000140. The lowest BCUT2D eigenvalue weighted by molar-refractivity contribution is -0.167. The second-order valence-corrected chi connectivity index (χ2v) is 18.2. The molecule has 1 aliphatic heterocycles. The maximum absolute atomic E-state index is 13.3. The lowest BCUT2D eigenvalue weighted by Gasteiger charge is -2.28. The van der Waals surface area contributed by atoms with E-state index in [-0.39, 0.29) is 56.9 Å². The molecule has 0 aliphatic carbocycles. The van der Waals surface area contributed by atoms with Crippen molar-refractivity contribution in [3.8, 4) is 0 Å². The second kappa shape index (κ2) is 43.7. The Morgan fingerprint density at radius 3 is 1.55 bits per heavy atom. The zero-order valence-electron chi connectivity index (χ0n) is 41.3. The van der Waals surface area contributed by atoms with Crippen LogP contribution in [0.4, 0.5) is 4.79 Å². The van der Waals surface area contributed by atoms with Crippen molar-refractivity contribution in [3.05, 3.63) is 37.0 Å². The molecule has 1 rings (SSSR count). The van der Waals surface area contributed by atoms with Gasteiger partial charge in [-0.2, -0.15) is 0 Å². The van der Waals surface area contributed by atoms with Crippen molar-refractivity contribution in [3.63, 3.8) is 0 Å². The number of ether oxygens (including phenoxy) is 5. The molecule has 0 bridgehead atoms. The van der Waals surface area contributed by atoms with Gasteiger partial charge in [-0.25, -0.2) is 4.79 Å². The Labute approximate surface area is 391 Å². The Kier molecular flexibility index (Phi) is 40.2. The molecule has 10 heteroatoms. The Morgan fingerprint density at radius 2 is 1.00 bits per heavy atom. The summed E-state index contributed by atoms with van der Waals surface area (Å²) in [5.74, 6) is -1.25. The first-order chi connectivity index (χ1) is 31.3. The normalized spacial score (nSPS) is 14.4. The molecule has 0 spiro atoms. The Hall–Kier alpha value is -3.14. The first-order valence-corrected chi connectivity index (χ1v) is 26.2. The SMILES string of the molecule is C=CCCCCCCCC(=O)OCC(COC(=O)CCCCCCC/C=C\C/C=C\CCCCC)OC(=O)CCC(CCCCCCCCCCCC)OC(=O)OC1CCN(C)CC1. The van der Waals surface area contributed by atoms with Crippen LogP contribution in [0.5, 0.6) is 0 Å². The molecule has 0 N–H and O–H groups in total. The molecule has 1 aliphatic rings. The molecular formula is C54H95NO9. The lowest BCUT2D eigenvalue weighted by atomic mass is 10.0. The van der Waals surface area contributed by atoms with Crippen LogP contribution in [0.25, 0.3) is 0 Å². The van der Waals surface area contributed by atoms with E-state index in [1.807, 2.05) is 6.08 Å². The van der Waals surface area contributed by atoms with Gasteiger partial charge in [0.15, 0.2) is 6.10 Å². The number of hydrogen-bond acceptors (Lipinski definition) is 10. The first-order valence-electron chi connectivity index (χ1n) is 26.2. The molecule has 1 heterocycles. The molecule has 64 heavy (non-hydrogen) atoms. The molecule has 0 saturated carbocycles. The van der Waals surface area contributed by atoms with Gasteiger partial charge < -0.3 is 28.6 Å². The number of carbonyl (C=O) groups is 4. The molecule has 2 unspecified atom stereocenters. The van der Waals surface area contributed by atoms with E-state index in [2.05, 4.69) is 56.7 Å². The average molecular weight is 902 g/mol. The van der Waals surface area contributed by atoms with Crippen LogP contribution in [-0.4, -0.2) is 80.6 Å². The maximum Gasteiger partial charge on any atom is 0.508 e. The molecule has 370 valence electrons. The van der Waals surface area contributed by atoms with Crippen LogP contribution >= 0.6 is 0 Å². The predicted octanol–water partition coefficient (Wildman–Crippen LogP) is 14.4. The number of likely N-dealkylation sites (tertiary alicyclic amines) is 1. The van der Waals surface area contributed by atoms with Crippen molar-refractivity contribution in [2.45, 2.75) is 250 Å². The van der Waals surface area contributed by atoms with Crippen LogP contribution in [0, 0.1) is 0 Å². The van der Waals surface area contributed by atoms with Crippen LogP contribution in [0.3, 0.4) is 0 Å². The standard InChI is InChI=1S/C54H95NO9/c1-5-8-11-14-17-19-21-22-23-24-25-27-30-33-36-39-52(57)61-47-50(46-60-51(56)38-35-32-28-16-13-10-7-3)62-53(58)41-40-48(37-34-31-29-26-20-18-15-12-9-6-2)63-54(59)64-49-42-44-55(4)45-43-49/h7,17,19,22-23,48-50H,3,5-6,8-16,18,20-21,24-47H2,1-2,4H3/b19-17-,23-22-. The zero-order valence-corrected chi connectivity index (χ0v) is 41.3. The summed E-state index contributed by atoms with van der Waals surface area (Å²) in [4.78, 5) is 53.8. The second-order valence-electron chi connectivity index (χ2n) is 18.2. The van der Waals surface area contributed by atoms with E-state index in [9.17, 15) is 19.2 Å². The Balaban J connectivity index is 2.63. The van der Waals surface area contributed by atoms with E-state index in [1.54, 1.807) is 0 Å². The minimum Gasteiger partial charge on any atom is -0.462 e. The quantitative estimate of drug-likeness (QED) is 0.0253. The van der Waals surface area contributed by atoms with Crippen molar-refractivity contribution in [1.29, 1.82) is 0 Å². The van der Waals surface area contributed by atoms with E-state index in [1.165, 1.54) is 70.6 Å². The first kappa shape index (κ1) is 58.9. The Morgan fingerprint density at radius 1 is 0.531 bits per heavy atom. The van der Waals surface area contributed by atoms with Gasteiger partial charge in [-0.15, -0.1) is 6.58 Å². The molecule has 0 aromatic rings. The van der Waals surface area contributed by atoms with E-state index >= 15 is 0 Å². The Bertz CT molecular complexity index is 1210. The van der Waals surface area contributed by atoms with Crippen LogP contribution in [-0.2, 0) is 38.1 Å². The molecule has 0 aromatic carbocycles. The molecule has 0 radical (unpaired) electrons. The van der Waals surface area contributed by atoms with Crippen molar-refractivity contribution < 1.29 is 42.9 Å². The smallest absolute Gasteiger partial charge is 0.462 e. The minimum atomic E-state index is -0.931. The van der Waals surface area contributed by atoms with Gasteiger partial charge in [0.05, 0.1) is 0 Å². The van der Waals surface area contributed by atoms with Gasteiger partial charge in [-0.05, 0) is 96.9 Å². The number of hydrogen-bond donors (Lipinski definition) is 0. The van der Waals surface area contributed by atoms with Crippen LogP contribution in [0.1, 0.15) is 232 Å². The zero-order chi connectivity index (χ0) is 46.6. The monoisotopic (exact) mass is 902 g/mol. The maximum atomic E-state index is 13.3. The number of allylic oxidation sites excluding steroid dienone is 5. The number of nitrogens with zero attached hydrogens (tertiary/aromatic N) is 1. The third-order valence-electron chi connectivity index (χ3n) is 12.0. The van der Waals surface area contributed by atoms with Gasteiger partial charge >= 0.3 is 24.1 Å². The number of esters is 3. The van der Waals surface area contributed by atoms with Gasteiger partial charge in [0.25, 0.3) is 0 Å². The lowest BCUT2D eigenvalue weighted by Crippen LogP contribution is -2.36. The largest absolute Gasteiger partial charge is 0.508 e. The molecule has 0 aromatic heterocycles. The molecule has 1 saturated heterocycles. The van der Waals surface area contributed by atoms with Crippen LogP contribution < -0.4 is 0 Å². The molecule has 10 nitrogen and oxygen atoms in total. The van der Waals surface area contributed by atoms with Crippen molar-refractivity contribution in [2.24, 2.45) is 0 Å². The fourth-order valence-corrected chi connectivity index (χ4v) is 7.85. The van der Waals surface area contributed by atoms with Crippen LogP contribution in [0.2, 0.25) is 0 Å². The van der Waals surface area contributed by atoms with E-state index < -0.39 is 24.3 Å². The highest BCUT2D eigenvalue weighted by molar-refractivity contribution is 5.71. The van der Waals surface area contributed by atoms with Crippen molar-refractivity contribution in [2.75, 3.05) is 33.4 Å². The highest BCUT2D eigenvalue weighted by Crippen LogP contribution is 2.19. The fourth-order valence-electron chi connectivity index (χ4n) is 7.85. The molecule has 2 atom stereocenters. The van der Waals surface area contributed by atoms with Gasteiger partial charge in [-0.3, -0.25) is 14.4 Å². The fraction of sp³-hybridized carbons (Fsp3) is 0.815. The molecule has 1 fully saturated rings. The topological polar surface area (TPSA) is 118 Å². The summed E-state index contributed by atoms with van der Waals surface area (Å²) >= 11 is 0. The molecular weight excluding hydrogens is 807 g/mol. The number of rotatable bonds is 43. The summed E-state index contributed by atoms with van der Waals surface area (Å²) in [5, 5.41) is 0. The summed E-state index contributed by atoms with van der Waals surface area (Å²) in [6, 6.07) is 0. The van der Waals surface area contributed by atoms with Crippen molar-refractivity contribution >= 4 is 24.1 Å². The number of unbranched alkanes of at least 4 members (excludes halogenated alkanes) is 22. The van der Waals surface area contributed by atoms with E-state index in [0.29, 0.717) is 6.42 Å². The van der Waals surface area contributed by atoms with Gasteiger partial charge in [0, 0.05) is 32.4 Å². The third-order valence-corrected chi connectivity index (χ3v) is 12.0. The van der Waals surface area contributed by atoms with Gasteiger partial charge in [0.2, 0.25) is 0 Å². The van der Waals surface area contributed by atoms with E-state index in [0.717, 1.165) is 129 Å². The summed E-state index contributed by atoms with van der Waals surface area (Å²) in [7, 11) is 2.06. The molecule has 0 amide bonds. The highest BCUT2D eigenvalue weighted by Gasteiger charge is 2.25. The van der Waals surface area contributed by atoms with Crippen molar-refractivity contribution in [1.82, 2.24) is 4.90 Å². The summed E-state index contributed by atoms with van der Waals surface area (Å²) in [5.41, 5.74) is 0. The average Bonchev–Trinajstić information content (AvgIpc) is 3.28. The highest BCUT2D eigenvalue weighted by atomic mass is 16.7. The third kappa shape index (κ3) is 38.2. The van der Waals surface area contributed by atoms with Crippen LogP contribution in [0.15, 0.2) is 37.0 Å². The van der Waals surface area contributed by atoms with E-state index in [4.69, 9.17) is 23.7 Å². The predicted molar refractivity (Wildman–Crippen MR) is 261 cm³/mol. The number of carbonyl (C=O) groups excluding carboxylic acids is 4. The van der Waals surface area contributed by atoms with Gasteiger partial charge in [-0.1, -0.05) is 153 Å². The summed E-state index contributed by atoms with van der Waals surface area (Å²) < 4.78 is 28.4. The summed E-state index contributed by atoms with van der Waals surface area (Å²) in [6.45, 7) is 9.58. The number of piperidine rings is 1. The summed E-state index contributed by atoms with van der Waals surface area (Å²) in [6.07, 6.45) is 41.6.